The van der Waals surface area contributed by atoms with Crippen LogP contribution in [-0.4, -0.2) is 29.9 Å². The lowest BCUT2D eigenvalue weighted by Crippen LogP contribution is -2.30. The first-order valence-corrected chi connectivity index (χ1v) is 6.30. The molecule has 84 valence electrons. The minimum absolute atomic E-state index is 0.0750. The molecule has 0 saturated heterocycles. The first-order valence-electron chi connectivity index (χ1n) is 4.27. The Morgan fingerprint density at radius 3 is 2.47 bits per heavy atom. The Morgan fingerprint density at radius 1 is 1.47 bits per heavy atom. The van der Waals surface area contributed by atoms with E-state index < -0.39 is 15.4 Å². The van der Waals surface area contributed by atoms with Crippen molar-refractivity contribution in [3.63, 3.8) is 0 Å². The molecule has 1 aromatic heterocycles. The highest BCUT2D eigenvalue weighted by Crippen LogP contribution is 2.16. The minimum atomic E-state index is -3.55. The molecular formula is C9H12ClNO3S. The second-order valence-corrected chi connectivity index (χ2v) is 6.26. The van der Waals surface area contributed by atoms with Gasteiger partial charge in [-0.05, 0) is 26.0 Å². The maximum atomic E-state index is 11.7. The van der Waals surface area contributed by atoms with Gasteiger partial charge >= 0.3 is 0 Å². The maximum absolute atomic E-state index is 11.7. The average Bonchev–Trinajstić information content (AvgIpc) is 2.00. The first-order chi connectivity index (χ1) is 6.71. The van der Waals surface area contributed by atoms with Crippen LogP contribution in [0.25, 0.3) is 0 Å². The summed E-state index contributed by atoms with van der Waals surface area (Å²) in [6, 6.07) is 2.77. The molecule has 1 heterocycles. The minimum Gasteiger partial charge on any atom is -0.389 e. The van der Waals surface area contributed by atoms with Crippen LogP contribution in [0, 0.1) is 0 Å². The van der Waals surface area contributed by atoms with Crippen molar-refractivity contribution in [2.24, 2.45) is 0 Å². The van der Waals surface area contributed by atoms with Crippen LogP contribution in [0.5, 0.6) is 0 Å². The number of hydrogen-bond donors (Lipinski definition) is 1. The van der Waals surface area contributed by atoms with E-state index in [0.29, 0.717) is 5.02 Å². The molecule has 15 heavy (non-hydrogen) atoms. The van der Waals surface area contributed by atoms with Crippen LogP contribution in [-0.2, 0) is 9.84 Å². The van der Waals surface area contributed by atoms with E-state index in [2.05, 4.69) is 4.98 Å². The Morgan fingerprint density at radius 2 is 2.07 bits per heavy atom. The zero-order valence-electron chi connectivity index (χ0n) is 8.44. The lowest BCUT2D eigenvalue weighted by molar-refractivity contribution is 0.105. The molecule has 0 aliphatic rings. The summed E-state index contributed by atoms with van der Waals surface area (Å²) in [6.07, 6.45) is 1.26. The summed E-state index contributed by atoms with van der Waals surface area (Å²) < 4.78 is 23.4. The second kappa shape index (κ2) is 4.08. The van der Waals surface area contributed by atoms with Crippen LogP contribution in [0.3, 0.4) is 0 Å². The standard InChI is InChI=1S/C9H12ClNO3S/c1-9(2,12)6-15(13,14)8-4-3-7(10)5-11-8/h3-5,12H,6H2,1-2H3. The molecule has 0 aromatic carbocycles. The summed E-state index contributed by atoms with van der Waals surface area (Å²) in [7, 11) is -3.55. The summed E-state index contributed by atoms with van der Waals surface area (Å²) in [5.41, 5.74) is -1.28. The van der Waals surface area contributed by atoms with Gasteiger partial charge in [0, 0.05) is 6.20 Å². The number of rotatable bonds is 3. The zero-order valence-corrected chi connectivity index (χ0v) is 10.0. The quantitative estimate of drug-likeness (QED) is 0.876. The normalized spacial score (nSPS) is 12.8. The highest BCUT2D eigenvalue weighted by molar-refractivity contribution is 7.91. The van der Waals surface area contributed by atoms with E-state index in [9.17, 15) is 13.5 Å². The van der Waals surface area contributed by atoms with Gasteiger partial charge < -0.3 is 5.11 Å². The van der Waals surface area contributed by atoms with E-state index in [1.54, 1.807) is 0 Å². The van der Waals surface area contributed by atoms with Gasteiger partial charge in [-0.15, -0.1) is 0 Å². The van der Waals surface area contributed by atoms with E-state index >= 15 is 0 Å². The fourth-order valence-corrected chi connectivity index (χ4v) is 2.76. The molecule has 0 aliphatic carbocycles. The van der Waals surface area contributed by atoms with E-state index in [4.69, 9.17) is 11.6 Å². The third kappa shape index (κ3) is 3.77. The van der Waals surface area contributed by atoms with Gasteiger partial charge in [0.1, 0.15) is 0 Å². The SMILES string of the molecule is CC(C)(O)CS(=O)(=O)c1ccc(Cl)cn1. The van der Waals surface area contributed by atoms with Crippen molar-refractivity contribution >= 4 is 21.4 Å². The maximum Gasteiger partial charge on any atom is 0.198 e. The fourth-order valence-electron chi connectivity index (χ4n) is 1.09. The molecule has 1 aromatic rings. The van der Waals surface area contributed by atoms with Gasteiger partial charge in [-0.1, -0.05) is 11.6 Å². The van der Waals surface area contributed by atoms with Crippen molar-refractivity contribution < 1.29 is 13.5 Å². The predicted octanol–water partition coefficient (Wildman–Crippen LogP) is 1.28. The van der Waals surface area contributed by atoms with Crippen LogP contribution in [0.1, 0.15) is 13.8 Å². The van der Waals surface area contributed by atoms with Gasteiger partial charge in [0.05, 0.1) is 16.4 Å². The first kappa shape index (κ1) is 12.4. The van der Waals surface area contributed by atoms with Gasteiger partial charge in [-0.2, -0.15) is 0 Å². The van der Waals surface area contributed by atoms with E-state index in [1.807, 2.05) is 0 Å². The molecule has 6 heteroatoms. The Hall–Kier alpha value is -0.650. The Bertz CT molecular complexity index is 433. The van der Waals surface area contributed by atoms with E-state index in [-0.39, 0.29) is 10.8 Å². The van der Waals surface area contributed by atoms with Gasteiger partial charge in [0.2, 0.25) is 0 Å². The number of sulfone groups is 1. The third-order valence-corrected chi connectivity index (χ3v) is 3.75. The highest BCUT2D eigenvalue weighted by atomic mass is 35.5. The van der Waals surface area contributed by atoms with Crippen LogP contribution < -0.4 is 0 Å². The molecule has 0 bridgehead atoms. The molecule has 0 atom stereocenters. The number of hydrogen-bond acceptors (Lipinski definition) is 4. The number of aliphatic hydroxyl groups is 1. The Kier molecular flexibility index (Phi) is 3.38. The van der Waals surface area contributed by atoms with Gasteiger partial charge in [0.25, 0.3) is 0 Å². The van der Waals surface area contributed by atoms with Crippen LogP contribution >= 0.6 is 11.6 Å². The third-order valence-electron chi connectivity index (χ3n) is 1.56. The average molecular weight is 250 g/mol. The van der Waals surface area contributed by atoms with Crippen molar-refractivity contribution in [1.82, 2.24) is 4.98 Å². The number of aromatic nitrogens is 1. The number of pyridine rings is 1. The Labute approximate surface area is 93.8 Å². The molecule has 0 aliphatic heterocycles. The number of nitrogens with zero attached hydrogens (tertiary/aromatic N) is 1. The molecule has 0 unspecified atom stereocenters. The molecule has 1 rings (SSSR count). The monoisotopic (exact) mass is 249 g/mol. The van der Waals surface area contributed by atoms with Crippen LogP contribution in [0.15, 0.2) is 23.4 Å². The molecule has 0 fully saturated rings. The van der Waals surface area contributed by atoms with Gasteiger partial charge in [-0.3, -0.25) is 0 Å². The summed E-state index contributed by atoms with van der Waals surface area (Å²) in [5, 5.41) is 9.73. The van der Waals surface area contributed by atoms with Crippen molar-refractivity contribution in [3.8, 4) is 0 Å². The van der Waals surface area contributed by atoms with E-state index in [1.165, 1.54) is 32.2 Å². The topological polar surface area (TPSA) is 67.3 Å². The Balaban J connectivity index is 3.02. The van der Waals surface area contributed by atoms with Crippen molar-refractivity contribution in [2.45, 2.75) is 24.5 Å². The summed E-state index contributed by atoms with van der Waals surface area (Å²) in [4.78, 5) is 3.70. The van der Waals surface area contributed by atoms with Crippen LogP contribution in [0.2, 0.25) is 5.02 Å². The molecule has 1 N–H and O–H groups in total. The van der Waals surface area contributed by atoms with Gasteiger partial charge in [-0.25, -0.2) is 13.4 Å². The molecule has 0 radical (unpaired) electrons. The van der Waals surface area contributed by atoms with E-state index in [0.717, 1.165) is 0 Å². The summed E-state index contributed by atoms with van der Waals surface area (Å²) in [5.74, 6) is -0.366. The fraction of sp³-hybridized carbons (Fsp3) is 0.444. The van der Waals surface area contributed by atoms with Gasteiger partial charge in [0.15, 0.2) is 14.9 Å². The van der Waals surface area contributed by atoms with Crippen molar-refractivity contribution in [1.29, 1.82) is 0 Å². The summed E-state index contributed by atoms with van der Waals surface area (Å²) >= 11 is 5.59. The highest BCUT2D eigenvalue weighted by Gasteiger charge is 2.25. The lowest BCUT2D eigenvalue weighted by Gasteiger charge is -2.16. The second-order valence-electron chi connectivity index (χ2n) is 3.89. The molecule has 0 saturated carbocycles. The molecule has 4 nitrogen and oxygen atoms in total. The smallest absolute Gasteiger partial charge is 0.198 e. The van der Waals surface area contributed by atoms with Crippen molar-refractivity contribution in [2.75, 3.05) is 5.75 Å². The molecule has 0 spiro atoms. The van der Waals surface area contributed by atoms with Crippen LogP contribution in [0.4, 0.5) is 0 Å². The lowest BCUT2D eigenvalue weighted by atomic mass is 10.2. The van der Waals surface area contributed by atoms with Crippen molar-refractivity contribution in [3.05, 3.63) is 23.4 Å². The molecular weight excluding hydrogens is 238 g/mol. The largest absolute Gasteiger partial charge is 0.389 e. The number of halogens is 1. The molecule has 0 amide bonds. The zero-order chi connectivity index (χ0) is 11.7. The summed E-state index contributed by atoms with van der Waals surface area (Å²) in [6.45, 7) is 2.86. The predicted molar refractivity (Wildman–Crippen MR) is 57.6 cm³/mol.